The van der Waals surface area contributed by atoms with Crippen LogP contribution < -0.4 is 4.90 Å². The standard InChI is InChI=1S/C14H19NO3/c16-10-9-15(13-4-2-1-3-5-13)8-6-12-7-11-18-14(12)17/h1-5,12,16H,6-11H2. The highest BCUT2D eigenvalue weighted by Crippen LogP contribution is 2.20. The lowest BCUT2D eigenvalue weighted by molar-refractivity contribution is -0.141. The monoisotopic (exact) mass is 249 g/mol. The molecule has 1 aromatic carbocycles. The predicted octanol–water partition coefficient (Wildman–Crippen LogP) is 1.44. The van der Waals surface area contributed by atoms with Crippen LogP contribution in [0.25, 0.3) is 0 Å². The highest BCUT2D eigenvalue weighted by Gasteiger charge is 2.26. The van der Waals surface area contributed by atoms with Crippen LogP contribution in [0.3, 0.4) is 0 Å². The molecule has 0 bridgehead atoms. The molecule has 98 valence electrons. The topological polar surface area (TPSA) is 49.8 Å². The molecule has 0 spiro atoms. The van der Waals surface area contributed by atoms with Crippen molar-refractivity contribution in [2.45, 2.75) is 12.8 Å². The van der Waals surface area contributed by atoms with Crippen molar-refractivity contribution < 1.29 is 14.6 Å². The number of hydrogen-bond donors (Lipinski definition) is 1. The molecular weight excluding hydrogens is 230 g/mol. The lowest BCUT2D eigenvalue weighted by Crippen LogP contribution is -2.29. The van der Waals surface area contributed by atoms with Gasteiger partial charge in [0.1, 0.15) is 0 Å². The molecule has 1 atom stereocenters. The molecule has 1 aromatic rings. The van der Waals surface area contributed by atoms with Gasteiger partial charge in [0.2, 0.25) is 0 Å². The number of esters is 1. The maximum atomic E-state index is 11.4. The van der Waals surface area contributed by atoms with Crippen LogP contribution >= 0.6 is 0 Å². The molecule has 0 saturated carbocycles. The summed E-state index contributed by atoms with van der Waals surface area (Å²) in [7, 11) is 0. The smallest absolute Gasteiger partial charge is 0.309 e. The lowest BCUT2D eigenvalue weighted by atomic mass is 10.0. The highest BCUT2D eigenvalue weighted by atomic mass is 16.5. The zero-order valence-corrected chi connectivity index (χ0v) is 10.4. The lowest BCUT2D eigenvalue weighted by Gasteiger charge is -2.24. The van der Waals surface area contributed by atoms with Gasteiger partial charge in [-0.25, -0.2) is 0 Å². The first-order valence-electron chi connectivity index (χ1n) is 6.39. The second-order valence-electron chi connectivity index (χ2n) is 4.49. The van der Waals surface area contributed by atoms with E-state index in [-0.39, 0.29) is 18.5 Å². The van der Waals surface area contributed by atoms with Crippen molar-refractivity contribution in [3.8, 4) is 0 Å². The number of cyclic esters (lactones) is 1. The van der Waals surface area contributed by atoms with Gasteiger partial charge in [-0.15, -0.1) is 0 Å². The van der Waals surface area contributed by atoms with Gasteiger partial charge in [-0.3, -0.25) is 4.79 Å². The summed E-state index contributed by atoms with van der Waals surface area (Å²) in [5.41, 5.74) is 1.08. The minimum Gasteiger partial charge on any atom is -0.465 e. The summed E-state index contributed by atoms with van der Waals surface area (Å²) >= 11 is 0. The molecule has 4 heteroatoms. The number of para-hydroxylation sites is 1. The van der Waals surface area contributed by atoms with Gasteiger partial charge in [-0.1, -0.05) is 18.2 Å². The third kappa shape index (κ3) is 3.23. The summed E-state index contributed by atoms with van der Waals surface area (Å²) < 4.78 is 4.96. The fraction of sp³-hybridized carbons (Fsp3) is 0.500. The molecule has 1 saturated heterocycles. The number of carbonyl (C=O) groups excluding carboxylic acids is 1. The van der Waals surface area contributed by atoms with Gasteiger partial charge in [-0.2, -0.15) is 0 Å². The zero-order chi connectivity index (χ0) is 12.8. The van der Waals surface area contributed by atoms with Crippen molar-refractivity contribution in [2.75, 3.05) is 31.2 Å². The summed E-state index contributed by atoms with van der Waals surface area (Å²) in [6.07, 6.45) is 1.61. The Bertz CT molecular complexity index is 380. The van der Waals surface area contributed by atoms with Gasteiger partial charge >= 0.3 is 5.97 Å². The van der Waals surface area contributed by atoms with Crippen molar-refractivity contribution in [1.82, 2.24) is 0 Å². The normalized spacial score (nSPS) is 18.7. The number of ether oxygens (including phenoxy) is 1. The fourth-order valence-electron chi connectivity index (χ4n) is 2.24. The second-order valence-corrected chi connectivity index (χ2v) is 4.49. The van der Waals surface area contributed by atoms with Gasteiger partial charge in [0.05, 0.1) is 19.1 Å². The second kappa shape index (κ2) is 6.40. The van der Waals surface area contributed by atoms with E-state index in [2.05, 4.69) is 4.90 Å². The largest absolute Gasteiger partial charge is 0.465 e. The third-order valence-corrected chi connectivity index (χ3v) is 3.28. The molecule has 1 aliphatic heterocycles. The average molecular weight is 249 g/mol. The van der Waals surface area contributed by atoms with Gasteiger partial charge in [-0.05, 0) is 25.0 Å². The summed E-state index contributed by atoms with van der Waals surface area (Å²) in [6, 6.07) is 9.95. The summed E-state index contributed by atoms with van der Waals surface area (Å²) in [6.45, 7) is 2.02. The third-order valence-electron chi connectivity index (χ3n) is 3.28. The van der Waals surface area contributed by atoms with Gasteiger partial charge < -0.3 is 14.7 Å². The number of benzene rings is 1. The Balaban J connectivity index is 1.92. The van der Waals surface area contributed by atoms with Crippen molar-refractivity contribution >= 4 is 11.7 Å². The minimum absolute atomic E-state index is 0.0231. The number of nitrogens with zero attached hydrogens (tertiary/aromatic N) is 1. The van der Waals surface area contributed by atoms with E-state index in [0.717, 1.165) is 25.1 Å². The van der Waals surface area contributed by atoms with Crippen LogP contribution in [0.4, 0.5) is 5.69 Å². The molecule has 1 aliphatic rings. The molecule has 0 amide bonds. The quantitative estimate of drug-likeness (QED) is 0.775. The van der Waals surface area contributed by atoms with Gasteiger partial charge in [0.15, 0.2) is 0 Å². The molecule has 18 heavy (non-hydrogen) atoms. The van der Waals surface area contributed by atoms with Crippen molar-refractivity contribution in [3.05, 3.63) is 30.3 Å². The van der Waals surface area contributed by atoms with Crippen LogP contribution in [0, 0.1) is 5.92 Å². The molecule has 2 rings (SSSR count). The molecule has 1 fully saturated rings. The van der Waals surface area contributed by atoms with Crippen molar-refractivity contribution in [3.63, 3.8) is 0 Å². The number of carbonyl (C=O) groups is 1. The maximum absolute atomic E-state index is 11.4. The van der Waals surface area contributed by atoms with E-state index in [4.69, 9.17) is 9.84 Å². The Morgan fingerprint density at radius 1 is 1.28 bits per heavy atom. The molecule has 4 nitrogen and oxygen atoms in total. The Hall–Kier alpha value is -1.55. The first kappa shape index (κ1) is 12.9. The van der Waals surface area contributed by atoms with Gasteiger partial charge in [0, 0.05) is 18.8 Å². The van der Waals surface area contributed by atoms with E-state index in [0.29, 0.717) is 13.2 Å². The maximum Gasteiger partial charge on any atom is 0.309 e. The van der Waals surface area contributed by atoms with E-state index < -0.39 is 0 Å². The summed E-state index contributed by atoms with van der Waals surface area (Å²) in [5.74, 6) is -0.0538. The van der Waals surface area contributed by atoms with Crippen LogP contribution in [0.1, 0.15) is 12.8 Å². The van der Waals surface area contributed by atoms with E-state index in [1.807, 2.05) is 30.3 Å². The molecule has 1 heterocycles. The molecule has 1 N–H and O–H groups in total. The van der Waals surface area contributed by atoms with Crippen molar-refractivity contribution in [1.29, 1.82) is 0 Å². The van der Waals surface area contributed by atoms with Crippen LogP contribution in [-0.2, 0) is 9.53 Å². The molecular formula is C14H19NO3. The minimum atomic E-state index is -0.0768. The highest BCUT2D eigenvalue weighted by molar-refractivity contribution is 5.74. The van der Waals surface area contributed by atoms with Crippen LogP contribution in [0.2, 0.25) is 0 Å². The molecule has 0 aliphatic carbocycles. The number of rotatable bonds is 6. The Labute approximate surface area is 107 Å². The van der Waals surface area contributed by atoms with Crippen LogP contribution in [0.5, 0.6) is 0 Å². The van der Waals surface area contributed by atoms with E-state index in [1.54, 1.807) is 0 Å². The first-order chi connectivity index (χ1) is 8.81. The summed E-state index contributed by atoms with van der Waals surface area (Å²) in [5, 5.41) is 9.11. The SMILES string of the molecule is O=C1OCCC1CCN(CCO)c1ccccc1. The Morgan fingerprint density at radius 2 is 2.06 bits per heavy atom. The number of anilines is 1. The predicted molar refractivity (Wildman–Crippen MR) is 69.4 cm³/mol. The van der Waals surface area contributed by atoms with Gasteiger partial charge in [0.25, 0.3) is 0 Å². The van der Waals surface area contributed by atoms with Crippen LogP contribution in [0.15, 0.2) is 30.3 Å². The number of hydrogen-bond acceptors (Lipinski definition) is 4. The molecule has 0 radical (unpaired) electrons. The van der Waals surface area contributed by atoms with Crippen molar-refractivity contribution in [2.24, 2.45) is 5.92 Å². The number of aliphatic hydroxyl groups excluding tert-OH is 1. The Kier molecular flexibility index (Phi) is 4.59. The van der Waals surface area contributed by atoms with E-state index in [9.17, 15) is 4.79 Å². The fourth-order valence-corrected chi connectivity index (χ4v) is 2.24. The number of aliphatic hydroxyl groups is 1. The van der Waals surface area contributed by atoms with E-state index in [1.165, 1.54) is 0 Å². The molecule has 0 aromatic heterocycles. The van der Waals surface area contributed by atoms with Crippen LogP contribution in [-0.4, -0.2) is 37.4 Å². The summed E-state index contributed by atoms with van der Waals surface area (Å²) in [4.78, 5) is 13.5. The van der Waals surface area contributed by atoms with E-state index >= 15 is 0 Å². The Morgan fingerprint density at radius 3 is 2.67 bits per heavy atom. The molecule has 1 unspecified atom stereocenters. The first-order valence-corrected chi connectivity index (χ1v) is 6.39. The zero-order valence-electron chi connectivity index (χ0n) is 10.4. The average Bonchev–Trinajstić information content (AvgIpc) is 2.81.